The molecule has 0 saturated heterocycles. The summed E-state index contributed by atoms with van der Waals surface area (Å²) >= 11 is 0. The zero-order valence-corrected chi connectivity index (χ0v) is 49.3. The van der Waals surface area contributed by atoms with Gasteiger partial charge in [-0.15, -0.1) is 0 Å². The molecule has 0 aromatic rings. The highest BCUT2D eigenvalue weighted by molar-refractivity contribution is 5.71. The molecule has 1 unspecified atom stereocenters. The van der Waals surface area contributed by atoms with E-state index < -0.39 is 6.10 Å². The Balaban J connectivity index is 4.37. The first kappa shape index (κ1) is 71.3. The van der Waals surface area contributed by atoms with Crippen molar-refractivity contribution in [2.24, 2.45) is 0 Å². The van der Waals surface area contributed by atoms with Gasteiger partial charge >= 0.3 is 17.9 Å². The minimum Gasteiger partial charge on any atom is -0.462 e. The molecule has 0 rings (SSSR count). The molecule has 0 radical (unpaired) electrons. The number of carbonyl (C=O) groups is 3. The first-order valence-electron chi connectivity index (χ1n) is 31.7. The summed E-state index contributed by atoms with van der Waals surface area (Å²) in [4.78, 5) is 38.3. The monoisotopic (exact) mass is 1040 g/mol. The summed E-state index contributed by atoms with van der Waals surface area (Å²) in [7, 11) is 0. The van der Waals surface area contributed by atoms with E-state index in [1.54, 1.807) is 0 Å². The Morgan fingerprint density at radius 2 is 0.547 bits per heavy atom. The van der Waals surface area contributed by atoms with Gasteiger partial charge in [0.2, 0.25) is 0 Å². The van der Waals surface area contributed by atoms with Crippen molar-refractivity contribution in [3.8, 4) is 0 Å². The van der Waals surface area contributed by atoms with E-state index in [-0.39, 0.29) is 31.1 Å². The maximum absolute atomic E-state index is 12.9. The molecular weight excluding hydrogens is 925 g/mol. The Bertz CT molecular complexity index is 1480. The van der Waals surface area contributed by atoms with Crippen molar-refractivity contribution in [1.29, 1.82) is 0 Å². The average molecular weight is 1040 g/mol. The summed E-state index contributed by atoms with van der Waals surface area (Å²) in [5.74, 6) is -0.917. The van der Waals surface area contributed by atoms with Crippen LogP contribution in [0.3, 0.4) is 0 Å². The van der Waals surface area contributed by atoms with Crippen LogP contribution < -0.4 is 0 Å². The van der Waals surface area contributed by atoms with Crippen LogP contribution in [-0.2, 0) is 28.6 Å². The molecule has 0 amide bonds. The van der Waals surface area contributed by atoms with Crippen LogP contribution in [0.1, 0.15) is 303 Å². The molecular formula is C69H118O6. The molecule has 0 aromatic carbocycles. The van der Waals surface area contributed by atoms with Gasteiger partial charge in [0.05, 0.1) is 0 Å². The van der Waals surface area contributed by atoms with Crippen LogP contribution in [0.5, 0.6) is 0 Å². The topological polar surface area (TPSA) is 78.9 Å². The molecule has 0 spiro atoms. The Kier molecular flexibility index (Phi) is 59.8. The summed E-state index contributed by atoms with van der Waals surface area (Å²) in [6, 6.07) is 0. The van der Waals surface area contributed by atoms with Gasteiger partial charge in [0.15, 0.2) is 6.10 Å². The summed E-state index contributed by atoms with van der Waals surface area (Å²) < 4.78 is 16.9. The number of carbonyl (C=O) groups excluding carboxylic acids is 3. The molecule has 75 heavy (non-hydrogen) atoms. The van der Waals surface area contributed by atoms with Crippen molar-refractivity contribution in [2.45, 2.75) is 309 Å². The molecule has 0 aliphatic carbocycles. The fourth-order valence-corrected chi connectivity index (χ4v) is 8.80. The third-order valence-electron chi connectivity index (χ3n) is 13.5. The van der Waals surface area contributed by atoms with Gasteiger partial charge < -0.3 is 14.2 Å². The number of hydrogen-bond acceptors (Lipinski definition) is 6. The van der Waals surface area contributed by atoms with Gasteiger partial charge in [-0.3, -0.25) is 14.4 Å². The van der Waals surface area contributed by atoms with Gasteiger partial charge in [-0.2, -0.15) is 0 Å². The molecule has 0 saturated carbocycles. The Labute approximate surface area is 464 Å². The highest BCUT2D eigenvalue weighted by Crippen LogP contribution is 2.16. The summed E-state index contributed by atoms with van der Waals surface area (Å²) in [5.41, 5.74) is 0. The van der Waals surface area contributed by atoms with Gasteiger partial charge in [0.1, 0.15) is 13.2 Å². The van der Waals surface area contributed by atoms with Crippen molar-refractivity contribution < 1.29 is 28.6 Å². The summed E-state index contributed by atoms with van der Waals surface area (Å²) in [6.07, 6.45) is 84.1. The van der Waals surface area contributed by atoms with Crippen molar-refractivity contribution >= 4 is 17.9 Å². The van der Waals surface area contributed by atoms with E-state index in [1.807, 2.05) is 0 Å². The van der Waals surface area contributed by atoms with Crippen LogP contribution in [-0.4, -0.2) is 37.2 Å². The van der Waals surface area contributed by atoms with Gasteiger partial charge in [-0.25, -0.2) is 0 Å². The lowest BCUT2D eigenvalue weighted by molar-refractivity contribution is -0.167. The number of esters is 3. The predicted molar refractivity (Wildman–Crippen MR) is 325 cm³/mol. The van der Waals surface area contributed by atoms with Gasteiger partial charge in [0, 0.05) is 19.3 Å². The van der Waals surface area contributed by atoms with E-state index in [9.17, 15) is 14.4 Å². The quantitative estimate of drug-likeness (QED) is 0.0261. The fourth-order valence-electron chi connectivity index (χ4n) is 8.80. The van der Waals surface area contributed by atoms with Crippen molar-refractivity contribution in [1.82, 2.24) is 0 Å². The molecule has 0 heterocycles. The Morgan fingerprint density at radius 3 is 0.880 bits per heavy atom. The van der Waals surface area contributed by atoms with E-state index in [4.69, 9.17) is 14.2 Å². The Hall–Kier alpha value is -3.67. The number of allylic oxidation sites excluding steroid dienone is 16. The first-order valence-corrected chi connectivity index (χ1v) is 31.7. The molecule has 6 heteroatoms. The van der Waals surface area contributed by atoms with E-state index >= 15 is 0 Å². The minimum atomic E-state index is -0.796. The summed E-state index contributed by atoms with van der Waals surface area (Å²) in [5, 5.41) is 0. The molecule has 0 N–H and O–H groups in total. The van der Waals surface area contributed by atoms with Gasteiger partial charge in [0.25, 0.3) is 0 Å². The molecule has 6 nitrogen and oxygen atoms in total. The average Bonchev–Trinajstić information content (AvgIpc) is 3.41. The summed E-state index contributed by atoms with van der Waals surface area (Å²) in [6.45, 7) is 6.46. The normalized spacial score (nSPS) is 12.7. The van der Waals surface area contributed by atoms with Crippen LogP contribution in [0, 0.1) is 0 Å². The number of rotatable bonds is 57. The van der Waals surface area contributed by atoms with Gasteiger partial charge in [-0.1, -0.05) is 266 Å². The van der Waals surface area contributed by atoms with Crippen molar-refractivity contribution in [3.63, 3.8) is 0 Å². The van der Waals surface area contributed by atoms with Crippen LogP contribution in [0.25, 0.3) is 0 Å². The molecule has 0 fully saturated rings. The van der Waals surface area contributed by atoms with E-state index in [2.05, 4.69) is 118 Å². The lowest BCUT2D eigenvalue weighted by atomic mass is 10.0. The molecule has 0 aromatic heterocycles. The molecule has 1 atom stereocenters. The zero-order valence-electron chi connectivity index (χ0n) is 49.3. The first-order chi connectivity index (χ1) is 37.0. The third-order valence-corrected chi connectivity index (χ3v) is 13.5. The second kappa shape index (κ2) is 62.9. The lowest BCUT2D eigenvalue weighted by Crippen LogP contribution is -2.30. The standard InChI is InChI=1S/C69H118O6/c1-4-7-10-13-16-19-22-25-27-29-31-33-34-36-37-39-41-44-47-50-53-56-59-62-68(71)74-65-66(64-73-67(70)61-58-55-52-49-46-43-24-21-18-15-12-9-6-3)75-69(72)63-60-57-54-51-48-45-42-40-38-35-32-30-28-26-23-20-17-14-11-8-5-2/h8,11-12,15,17,20-21,24,26,28-29,31-32,35,40,42,66H,4-7,9-10,13-14,16,18-19,22-23,25,27,30,33-34,36-39,41,43-65H2,1-3H3/b11-8-,15-12-,20-17-,24-21-,28-26-,31-29-,35-32-,42-40-. The van der Waals surface area contributed by atoms with E-state index in [0.717, 1.165) is 141 Å². The van der Waals surface area contributed by atoms with Crippen molar-refractivity contribution in [3.05, 3.63) is 97.2 Å². The van der Waals surface area contributed by atoms with Crippen LogP contribution in [0.2, 0.25) is 0 Å². The molecule has 0 aliphatic rings. The number of ether oxygens (including phenoxy) is 3. The SMILES string of the molecule is CC/C=C\C/C=C\C/C=C\C/C=C\C/C=C\CCCCCCCC(=O)OC(COC(=O)CCCCCCC/C=C\C/C=C\CCC)COC(=O)CCCCCCCCCCCCC/C=C\CCCCCCCCCC. The maximum Gasteiger partial charge on any atom is 0.306 e. The zero-order chi connectivity index (χ0) is 54.3. The molecule has 0 bridgehead atoms. The van der Waals surface area contributed by atoms with E-state index in [1.165, 1.54) is 122 Å². The smallest absolute Gasteiger partial charge is 0.306 e. The third kappa shape index (κ3) is 61.1. The van der Waals surface area contributed by atoms with E-state index in [0.29, 0.717) is 19.3 Å². The fraction of sp³-hybridized carbons (Fsp3) is 0.725. The predicted octanol–water partition coefficient (Wildman–Crippen LogP) is 21.7. The second-order valence-electron chi connectivity index (χ2n) is 20.9. The van der Waals surface area contributed by atoms with Crippen molar-refractivity contribution in [2.75, 3.05) is 13.2 Å². The highest BCUT2D eigenvalue weighted by atomic mass is 16.6. The largest absolute Gasteiger partial charge is 0.462 e. The Morgan fingerprint density at radius 1 is 0.280 bits per heavy atom. The van der Waals surface area contributed by atoms with Crippen LogP contribution in [0.4, 0.5) is 0 Å². The number of hydrogen-bond donors (Lipinski definition) is 0. The lowest BCUT2D eigenvalue weighted by Gasteiger charge is -2.18. The van der Waals surface area contributed by atoms with Crippen LogP contribution >= 0.6 is 0 Å². The minimum absolute atomic E-state index is 0.0901. The second-order valence-corrected chi connectivity index (χ2v) is 20.9. The molecule has 430 valence electrons. The maximum atomic E-state index is 12.9. The van der Waals surface area contributed by atoms with Gasteiger partial charge in [-0.05, 0) is 116 Å². The highest BCUT2D eigenvalue weighted by Gasteiger charge is 2.19. The molecule has 0 aliphatic heterocycles. The van der Waals surface area contributed by atoms with Crippen LogP contribution in [0.15, 0.2) is 97.2 Å². The number of unbranched alkanes of at least 4 members (excludes halogenated alkanes) is 30.